The van der Waals surface area contributed by atoms with Crippen molar-refractivity contribution < 1.29 is 20.4 Å². The number of allylic oxidation sites excluding steroid dienone is 1. The summed E-state index contributed by atoms with van der Waals surface area (Å²) >= 11 is 0. The van der Waals surface area contributed by atoms with E-state index >= 15 is 0 Å². The van der Waals surface area contributed by atoms with Crippen LogP contribution in [0.5, 0.6) is 0 Å². The Bertz CT molecular complexity index is 1620. The highest BCUT2D eigenvalue weighted by Gasteiger charge is 2.54. The molecule has 0 amide bonds. The van der Waals surface area contributed by atoms with Crippen LogP contribution in [-0.2, 0) is 0 Å². The number of para-hydroxylation sites is 2. The zero-order valence-electron chi connectivity index (χ0n) is 26.8. The van der Waals surface area contributed by atoms with E-state index in [1.54, 1.807) is 0 Å². The van der Waals surface area contributed by atoms with Crippen LogP contribution in [0.2, 0.25) is 0 Å². The summed E-state index contributed by atoms with van der Waals surface area (Å²) in [4.78, 5) is 4.59. The van der Waals surface area contributed by atoms with Gasteiger partial charge in [-0.2, -0.15) is 0 Å². The molecule has 46 heavy (non-hydrogen) atoms. The minimum absolute atomic E-state index is 0.0774. The maximum absolute atomic E-state index is 11.5. The van der Waals surface area contributed by atoms with E-state index in [0.717, 1.165) is 72.5 Å². The summed E-state index contributed by atoms with van der Waals surface area (Å²) in [7, 11) is 0. The van der Waals surface area contributed by atoms with Crippen molar-refractivity contribution in [1.29, 1.82) is 0 Å². The summed E-state index contributed by atoms with van der Waals surface area (Å²) in [6.07, 6.45) is 9.57. The van der Waals surface area contributed by atoms with E-state index in [-0.39, 0.29) is 17.9 Å². The highest BCUT2D eigenvalue weighted by Crippen LogP contribution is 2.49. The first-order chi connectivity index (χ1) is 22.4. The van der Waals surface area contributed by atoms with Gasteiger partial charge in [-0.25, -0.2) is 0 Å². The Morgan fingerprint density at radius 3 is 1.83 bits per heavy atom. The molecule has 2 aliphatic heterocycles. The van der Waals surface area contributed by atoms with Gasteiger partial charge in [0.25, 0.3) is 0 Å². The summed E-state index contributed by atoms with van der Waals surface area (Å²) in [6, 6.07) is 24.3. The first-order valence-electron chi connectivity index (χ1n) is 17.1. The Labute approximate surface area is 272 Å². The molecule has 7 rings (SSSR count). The number of fused-ring (bicyclic) bond motifs is 2. The van der Waals surface area contributed by atoms with Gasteiger partial charge in [-0.15, -0.1) is 0 Å². The van der Waals surface area contributed by atoms with Crippen LogP contribution in [0.4, 0.5) is 11.4 Å². The fourth-order valence-electron chi connectivity index (χ4n) is 8.12. The Kier molecular flexibility index (Phi) is 8.64. The van der Waals surface area contributed by atoms with Crippen molar-refractivity contribution in [1.82, 2.24) is 0 Å². The van der Waals surface area contributed by atoms with Gasteiger partial charge >= 0.3 is 0 Å². The second kappa shape index (κ2) is 12.8. The Balaban J connectivity index is 1.08. The van der Waals surface area contributed by atoms with Gasteiger partial charge in [-0.3, -0.25) is 0 Å². The number of rotatable bonds is 9. The van der Waals surface area contributed by atoms with Gasteiger partial charge in [-0.1, -0.05) is 106 Å². The molecule has 240 valence electrons. The number of hydrogen-bond donors (Lipinski definition) is 4. The molecule has 3 aromatic rings. The smallest absolute Gasteiger partial charge is 0.0895 e. The molecule has 2 aliphatic carbocycles. The van der Waals surface area contributed by atoms with E-state index in [4.69, 9.17) is 0 Å². The fraction of sp³-hybridized carbons (Fsp3) is 0.400. The number of hydrogen-bond acceptors (Lipinski definition) is 6. The van der Waals surface area contributed by atoms with Gasteiger partial charge in [0.05, 0.1) is 30.5 Å². The molecule has 0 saturated heterocycles. The molecule has 0 radical (unpaired) electrons. The van der Waals surface area contributed by atoms with Crippen LogP contribution in [-0.4, -0.2) is 64.0 Å². The molecule has 2 heterocycles. The molecule has 5 atom stereocenters. The van der Waals surface area contributed by atoms with Gasteiger partial charge in [-0.05, 0) is 53.3 Å². The van der Waals surface area contributed by atoms with Crippen molar-refractivity contribution in [2.24, 2.45) is 5.92 Å². The lowest BCUT2D eigenvalue weighted by molar-refractivity contribution is -0.120. The van der Waals surface area contributed by atoms with Crippen molar-refractivity contribution >= 4 is 23.5 Å². The number of benzene rings is 3. The van der Waals surface area contributed by atoms with Gasteiger partial charge in [0, 0.05) is 53.5 Å². The summed E-state index contributed by atoms with van der Waals surface area (Å²) < 4.78 is 0. The molecule has 4 aliphatic rings. The van der Waals surface area contributed by atoms with Crippen LogP contribution in [0.3, 0.4) is 0 Å². The first-order valence-corrected chi connectivity index (χ1v) is 17.1. The van der Waals surface area contributed by atoms with E-state index < -0.39 is 30.3 Å². The lowest BCUT2D eigenvalue weighted by Crippen LogP contribution is -2.62. The second-order valence-corrected chi connectivity index (χ2v) is 13.4. The quantitative estimate of drug-likeness (QED) is 0.228. The fourth-order valence-corrected chi connectivity index (χ4v) is 8.12. The molecule has 0 bridgehead atoms. The van der Waals surface area contributed by atoms with Gasteiger partial charge in [0.1, 0.15) is 0 Å². The molecule has 3 aromatic carbocycles. The van der Waals surface area contributed by atoms with Crippen LogP contribution < -0.4 is 9.80 Å². The van der Waals surface area contributed by atoms with Crippen molar-refractivity contribution in [2.75, 3.05) is 22.9 Å². The van der Waals surface area contributed by atoms with Gasteiger partial charge < -0.3 is 30.2 Å². The molecule has 5 unspecified atom stereocenters. The molecule has 4 N–H and O–H groups in total. The van der Waals surface area contributed by atoms with Crippen molar-refractivity contribution in [2.45, 2.75) is 81.8 Å². The summed E-state index contributed by atoms with van der Waals surface area (Å²) in [6.45, 7) is 6.05. The molecular weight excluding hydrogens is 572 g/mol. The van der Waals surface area contributed by atoms with Gasteiger partial charge in [0.15, 0.2) is 0 Å². The van der Waals surface area contributed by atoms with E-state index in [9.17, 15) is 20.4 Å². The van der Waals surface area contributed by atoms with Crippen LogP contribution in [0, 0.1) is 5.92 Å². The third kappa shape index (κ3) is 5.12. The number of nitrogens with zero attached hydrogens (tertiary/aromatic N) is 2. The predicted octanol–water partition coefficient (Wildman–Crippen LogP) is 6.23. The predicted molar refractivity (Wildman–Crippen MR) is 186 cm³/mol. The number of aliphatic hydroxyl groups excluding tert-OH is 4. The summed E-state index contributed by atoms with van der Waals surface area (Å²) in [5.41, 5.74) is 7.85. The summed E-state index contributed by atoms with van der Waals surface area (Å²) in [5.74, 6) is -1.11. The first kappa shape index (κ1) is 30.9. The maximum Gasteiger partial charge on any atom is 0.0895 e. The van der Waals surface area contributed by atoms with E-state index in [2.05, 4.69) is 72.2 Å². The normalized spacial score (nSPS) is 29.7. The molecule has 2 fully saturated rings. The van der Waals surface area contributed by atoms with Crippen LogP contribution in [0.15, 0.2) is 96.2 Å². The highest BCUT2D eigenvalue weighted by atomic mass is 16.3. The monoisotopic (exact) mass is 618 g/mol. The molecule has 0 aromatic heterocycles. The lowest BCUT2D eigenvalue weighted by atomic mass is 9.62. The summed E-state index contributed by atoms with van der Waals surface area (Å²) in [5, 5.41) is 45.8. The van der Waals surface area contributed by atoms with E-state index in [0.29, 0.717) is 5.57 Å². The van der Waals surface area contributed by atoms with Crippen molar-refractivity contribution in [3.63, 3.8) is 0 Å². The zero-order chi connectivity index (χ0) is 31.9. The second-order valence-electron chi connectivity index (χ2n) is 13.4. The Morgan fingerprint density at radius 2 is 1.17 bits per heavy atom. The van der Waals surface area contributed by atoms with Crippen molar-refractivity contribution in [3.8, 4) is 0 Å². The SMILES string of the molecule is CCCCN1C(=C2C(O)C(c3ccc(C4C(O)C(C5C=Cc6ccccc6N5CCCC)C4O)cc3)C2O)C=Cc2ccccc21. The van der Waals surface area contributed by atoms with E-state index in [1.165, 1.54) is 5.56 Å². The number of aliphatic hydroxyl groups is 4. The minimum Gasteiger partial charge on any atom is -0.392 e. The van der Waals surface area contributed by atoms with Crippen LogP contribution >= 0.6 is 0 Å². The molecular formula is C40H46N2O4. The standard InChI is InChI=1S/C40H46N2O4/c1-3-5-23-41-29-13-9-7-11-25(29)19-21-31(41)35-37(43)33(38(35)44)27-15-17-28(18-16-27)34-39(45)36(40(34)46)32-22-20-26-12-8-10-14-30(26)42(32)24-6-4-2/h7-22,31,33-35,37-40,43-46H,3-6,23-24H2,1-2H3. The highest BCUT2D eigenvalue weighted by molar-refractivity contribution is 5.78. The minimum atomic E-state index is -0.797. The molecule has 0 spiro atoms. The average molecular weight is 619 g/mol. The third-order valence-electron chi connectivity index (χ3n) is 10.7. The Hall–Kier alpha value is -3.68. The van der Waals surface area contributed by atoms with Crippen LogP contribution in [0.1, 0.15) is 73.6 Å². The van der Waals surface area contributed by atoms with Gasteiger partial charge in [0.2, 0.25) is 0 Å². The lowest BCUT2D eigenvalue weighted by Gasteiger charge is -2.53. The van der Waals surface area contributed by atoms with Crippen LogP contribution in [0.25, 0.3) is 12.2 Å². The molecule has 6 heteroatoms. The molecule has 6 nitrogen and oxygen atoms in total. The number of anilines is 2. The third-order valence-corrected chi connectivity index (χ3v) is 10.7. The topological polar surface area (TPSA) is 87.4 Å². The molecule has 2 saturated carbocycles. The average Bonchev–Trinajstić information content (AvgIpc) is 3.08. The number of unbranched alkanes of at least 4 members (excludes halogenated alkanes) is 2. The zero-order valence-corrected chi connectivity index (χ0v) is 26.8. The Morgan fingerprint density at radius 1 is 0.609 bits per heavy atom. The largest absolute Gasteiger partial charge is 0.392 e. The van der Waals surface area contributed by atoms with Crippen molar-refractivity contribution in [3.05, 3.63) is 118 Å². The van der Waals surface area contributed by atoms with E-state index in [1.807, 2.05) is 48.5 Å². The maximum atomic E-state index is 11.5.